The molecule has 5 nitrogen and oxygen atoms in total. The topological polar surface area (TPSA) is 67.9 Å². The van der Waals surface area contributed by atoms with Crippen LogP contribution in [-0.2, 0) is 4.74 Å². The summed E-state index contributed by atoms with van der Waals surface area (Å²) in [7, 11) is 0. The van der Waals surface area contributed by atoms with E-state index in [1.54, 1.807) is 0 Å². The number of morpholine rings is 1. The Kier molecular flexibility index (Phi) is 2.91. The summed E-state index contributed by atoms with van der Waals surface area (Å²) >= 11 is 5.37. The van der Waals surface area contributed by atoms with E-state index in [0.29, 0.717) is 37.0 Å². The molecule has 0 saturated carbocycles. The molecule has 19 heavy (non-hydrogen) atoms. The SMILES string of the molecule is NC1=Nc2cc(F)c(C(=O)Cl)cc2[C@H]2COCCN12. The standard InChI is InChI=1S/C12H11ClFN3O2/c13-11(18)6-3-7-9(4-8(6)14)16-12(15)17-1-2-19-5-10(7)17/h3-4,10H,1-2,5H2,(H2,15,16)/t10-/m1/s1. The van der Waals surface area contributed by atoms with Gasteiger partial charge in [0.25, 0.3) is 5.24 Å². The van der Waals surface area contributed by atoms with Crippen molar-refractivity contribution in [1.29, 1.82) is 0 Å². The largest absolute Gasteiger partial charge is 0.377 e. The summed E-state index contributed by atoms with van der Waals surface area (Å²) in [6, 6.07) is 2.46. The Morgan fingerprint density at radius 1 is 1.58 bits per heavy atom. The van der Waals surface area contributed by atoms with Gasteiger partial charge in [0.2, 0.25) is 0 Å². The van der Waals surface area contributed by atoms with Gasteiger partial charge in [0.05, 0.1) is 30.5 Å². The Morgan fingerprint density at radius 2 is 2.37 bits per heavy atom. The second-order valence-corrected chi connectivity index (χ2v) is 4.76. The van der Waals surface area contributed by atoms with Crippen LogP contribution < -0.4 is 5.73 Å². The van der Waals surface area contributed by atoms with Crippen LogP contribution in [0.15, 0.2) is 17.1 Å². The highest BCUT2D eigenvalue weighted by atomic mass is 35.5. The number of nitrogens with two attached hydrogens (primary N) is 1. The highest BCUT2D eigenvalue weighted by Gasteiger charge is 2.32. The lowest BCUT2D eigenvalue weighted by Gasteiger charge is -2.39. The van der Waals surface area contributed by atoms with Gasteiger partial charge in [-0.3, -0.25) is 4.79 Å². The fourth-order valence-electron chi connectivity index (χ4n) is 2.42. The molecule has 2 N–H and O–H groups in total. The van der Waals surface area contributed by atoms with E-state index in [1.807, 2.05) is 4.90 Å². The second kappa shape index (κ2) is 4.47. The van der Waals surface area contributed by atoms with Gasteiger partial charge in [-0.25, -0.2) is 9.38 Å². The lowest BCUT2D eigenvalue weighted by molar-refractivity contribution is 0.0241. The fourth-order valence-corrected chi connectivity index (χ4v) is 2.56. The molecule has 0 amide bonds. The number of halogens is 2. The molecule has 2 aliphatic heterocycles. The van der Waals surface area contributed by atoms with Gasteiger partial charge in [-0.2, -0.15) is 0 Å². The van der Waals surface area contributed by atoms with Gasteiger partial charge in [-0.1, -0.05) is 0 Å². The average molecular weight is 284 g/mol. The van der Waals surface area contributed by atoms with E-state index in [2.05, 4.69) is 4.99 Å². The Morgan fingerprint density at radius 3 is 3.11 bits per heavy atom. The fraction of sp³-hybridized carbons (Fsp3) is 0.333. The molecule has 0 unspecified atom stereocenters. The predicted molar refractivity (Wildman–Crippen MR) is 68.1 cm³/mol. The van der Waals surface area contributed by atoms with Crippen LogP contribution in [0.1, 0.15) is 22.0 Å². The Labute approximate surface area is 113 Å². The molecular formula is C12H11ClFN3O2. The van der Waals surface area contributed by atoms with Crippen LogP contribution >= 0.6 is 11.6 Å². The zero-order chi connectivity index (χ0) is 13.6. The van der Waals surface area contributed by atoms with Crippen LogP contribution in [0.2, 0.25) is 0 Å². The molecule has 1 saturated heterocycles. The van der Waals surface area contributed by atoms with Crippen LogP contribution in [0.5, 0.6) is 0 Å². The number of carbonyl (C=O) groups excluding carboxylic acids is 1. The minimum Gasteiger partial charge on any atom is -0.377 e. The van der Waals surface area contributed by atoms with Crippen LogP contribution in [0.25, 0.3) is 0 Å². The van der Waals surface area contributed by atoms with Crippen molar-refractivity contribution in [3.63, 3.8) is 0 Å². The van der Waals surface area contributed by atoms with Crippen molar-refractivity contribution in [2.24, 2.45) is 10.7 Å². The molecule has 0 radical (unpaired) electrons. The van der Waals surface area contributed by atoms with Crippen molar-refractivity contribution in [2.45, 2.75) is 6.04 Å². The summed E-state index contributed by atoms with van der Waals surface area (Å²) in [5.74, 6) is -0.356. The normalized spacial score (nSPS) is 21.5. The summed E-state index contributed by atoms with van der Waals surface area (Å²) < 4.78 is 19.1. The summed E-state index contributed by atoms with van der Waals surface area (Å²) in [6.45, 7) is 1.59. The second-order valence-electron chi connectivity index (χ2n) is 4.42. The molecule has 1 aromatic rings. The first-order valence-electron chi connectivity index (χ1n) is 5.79. The number of guanidine groups is 1. The molecule has 100 valence electrons. The smallest absolute Gasteiger partial charge is 0.255 e. The highest BCUT2D eigenvalue weighted by molar-refractivity contribution is 6.67. The highest BCUT2D eigenvalue weighted by Crippen LogP contribution is 2.37. The maximum absolute atomic E-state index is 13.7. The Bertz CT molecular complexity index is 591. The summed E-state index contributed by atoms with van der Waals surface area (Å²) in [6.07, 6.45) is 0. The molecule has 2 heterocycles. The zero-order valence-electron chi connectivity index (χ0n) is 9.90. The summed E-state index contributed by atoms with van der Waals surface area (Å²) in [4.78, 5) is 17.2. The number of fused-ring (bicyclic) bond motifs is 3. The molecule has 1 aromatic carbocycles. The first-order valence-corrected chi connectivity index (χ1v) is 6.17. The van der Waals surface area contributed by atoms with E-state index in [-0.39, 0.29) is 11.6 Å². The monoisotopic (exact) mass is 283 g/mol. The molecule has 2 aliphatic rings. The molecule has 7 heteroatoms. The van der Waals surface area contributed by atoms with Gasteiger partial charge < -0.3 is 15.4 Å². The molecule has 0 spiro atoms. The van der Waals surface area contributed by atoms with Crippen molar-refractivity contribution in [3.8, 4) is 0 Å². The summed E-state index contributed by atoms with van der Waals surface area (Å²) in [5, 5.41) is -0.828. The average Bonchev–Trinajstić information content (AvgIpc) is 2.38. The van der Waals surface area contributed by atoms with Crippen LogP contribution in [0, 0.1) is 5.82 Å². The third kappa shape index (κ3) is 1.97. The Balaban J connectivity index is 2.15. The summed E-state index contributed by atoms with van der Waals surface area (Å²) in [5.41, 5.74) is 6.83. The molecule has 3 rings (SSSR count). The number of aliphatic imine (C=N–C) groups is 1. The van der Waals surface area contributed by atoms with E-state index in [4.69, 9.17) is 22.1 Å². The van der Waals surface area contributed by atoms with E-state index < -0.39 is 11.1 Å². The molecule has 0 aliphatic carbocycles. The number of hydrogen-bond acceptors (Lipinski definition) is 5. The van der Waals surface area contributed by atoms with E-state index in [0.717, 1.165) is 0 Å². The van der Waals surface area contributed by atoms with Gasteiger partial charge in [-0.05, 0) is 17.7 Å². The Hall–Kier alpha value is -1.66. The van der Waals surface area contributed by atoms with E-state index in [9.17, 15) is 9.18 Å². The van der Waals surface area contributed by atoms with Crippen molar-refractivity contribution in [2.75, 3.05) is 19.8 Å². The number of carbonyl (C=O) groups is 1. The van der Waals surface area contributed by atoms with Crippen LogP contribution in [-0.4, -0.2) is 35.9 Å². The van der Waals surface area contributed by atoms with Crippen molar-refractivity contribution in [3.05, 3.63) is 29.1 Å². The van der Waals surface area contributed by atoms with Crippen LogP contribution in [0.3, 0.4) is 0 Å². The molecule has 1 atom stereocenters. The van der Waals surface area contributed by atoms with Crippen molar-refractivity contribution in [1.82, 2.24) is 4.90 Å². The quantitative estimate of drug-likeness (QED) is 0.794. The number of benzene rings is 1. The molecule has 0 aromatic heterocycles. The van der Waals surface area contributed by atoms with E-state index in [1.165, 1.54) is 12.1 Å². The third-order valence-electron chi connectivity index (χ3n) is 3.34. The minimum atomic E-state index is -0.828. The zero-order valence-corrected chi connectivity index (χ0v) is 10.7. The van der Waals surface area contributed by atoms with Crippen molar-refractivity contribution < 1.29 is 13.9 Å². The maximum atomic E-state index is 13.7. The number of rotatable bonds is 1. The van der Waals surface area contributed by atoms with Crippen LogP contribution in [0.4, 0.5) is 10.1 Å². The number of ether oxygens (including phenoxy) is 1. The van der Waals surface area contributed by atoms with Gasteiger partial charge >= 0.3 is 0 Å². The van der Waals surface area contributed by atoms with Gasteiger partial charge in [0.1, 0.15) is 5.82 Å². The van der Waals surface area contributed by atoms with Gasteiger partial charge in [0, 0.05) is 18.2 Å². The number of hydrogen-bond donors (Lipinski definition) is 1. The molecular weight excluding hydrogens is 273 g/mol. The first-order chi connectivity index (χ1) is 9.08. The minimum absolute atomic E-state index is 0.151. The molecule has 1 fully saturated rings. The lowest BCUT2D eigenvalue weighted by atomic mass is 9.98. The predicted octanol–water partition coefficient (Wildman–Crippen LogP) is 1.54. The molecule has 0 bridgehead atoms. The van der Waals surface area contributed by atoms with Gasteiger partial charge in [0.15, 0.2) is 5.96 Å². The maximum Gasteiger partial charge on any atom is 0.255 e. The first kappa shape index (κ1) is 12.4. The van der Waals surface area contributed by atoms with Crippen molar-refractivity contribution >= 4 is 28.5 Å². The third-order valence-corrected chi connectivity index (χ3v) is 3.55. The van der Waals surface area contributed by atoms with Gasteiger partial charge in [-0.15, -0.1) is 0 Å². The number of nitrogens with zero attached hydrogens (tertiary/aromatic N) is 2. The van der Waals surface area contributed by atoms with E-state index >= 15 is 0 Å². The lowest BCUT2D eigenvalue weighted by Crippen LogP contribution is -2.48.